The van der Waals surface area contributed by atoms with Crippen molar-refractivity contribution in [3.8, 4) is 0 Å². The van der Waals surface area contributed by atoms with Crippen LogP contribution in [0.15, 0.2) is 0 Å². The Morgan fingerprint density at radius 3 is 0.500 bits per heavy atom. The fraction of sp³-hybridized carbons (Fsp3) is 0. The van der Waals surface area contributed by atoms with Crippen molar-refractivity contribution in [2.45, 2.75) is 0 Å². The molecule has 0 rings (SSSR count). The third kappa shape index (κ3) is 61.9. The largest absolute Gasteiger partial charge is 5.00 e. The molecule has 0 aromatic heterocycles. The van der Waals surface area contributed by atoms with Crippen LogP contribution >= 0.6 is 0 Å². The van der Waals surface area contributed by atoms with Crippen LogP contribution in [0.2, 0.25) is 0 Å². The Bertz CT molecular complexity index is 7.51. The van der Waals surface area contributed by atoms with Crippen LogP contribution in [0.4, 0.5) is 0 Å². The van der Waals surface area contributed by atoms with Gasteiger partial charge >= 0.3 is 42.5 Å². The molecule has 0 aliphatic rings. The molecule has 4 nitrogen and oxygen atoms in total. The van der Waals surface area contributed by atoms with Crippen molar-refractivity contribution in [1.29, 1.82) is 0 Å². The molecule has 0 atom stereocenters. The molecule has 0 bridgehead atoms. The quantitative estimate of drug-likeness (QED) is 0.488. The molecule has 0 saturated carbocycles. The molecule has 0 aliphatic carbocycles. The van der Waals surface area contributed by atoms with E-state index in [0.29, 0.717) is 0 Å². The fourth-order valence-corrected chi connectivity index (χ4v) is 0. The van der Waals surface area contributed by atoms with Crippen LogP contribution in [0.3, 0.4) is 0 Å². The molecule has 38 valence electrons. The molecule has 6 heteroatoms. The molecular formula is IrO4Ta. The van der Waals surface area contributed by atoms with E-state index < -0.39 is 0 Å². The Balaban J connectivity index is 0. The van der Waals surface area contributed by atoms with Gasteiger partial charge in [0.2, 0.25) is 0 Å². The molecule has 0 unspecified atom stereocenters. The van der Waals surface area contributed by atoms with Gasteiger partial charge in [-0.05, 0) is 0 Å². The van der Waals surface area contributed by atoms with Crippen molar-refractivity contribution in [2.75, 3.05) is 0 Å². The van der Waals surface area contributed by atoms with E-state index in [1.54, 1.807) is 0 Å². The maximum absolute atomic E-state index is 0. The van der Waals surface area contributed by atoms with Gasteiger partial charge in [-0.2, -0.15) is 0 Å². The fourth-order valence-electron chi connectivity index (χ4n) is 0. The van der Waals surface area contributed by atoms with Crippen molar-refractivity contribution in [3.63, 3.8) is 0 Å². The second-order valence-corrected chi connectivity index (χ2v) is 0. The maximum atomic E-state index is 0. The number of hydrogen-bond acceptors (Lipinski definition) is 0. The summed E-state index contributed by atoms with van der Waals surface area (Å²) in [6, 6.07) is 0. The van der Waals surface area contributed by atoms with E-state index in [4.69, 9.17) is 0 Å². The third-order valence-corrected chi connectivity index (χ3v) is 0. The van der Waals surface area contributed by atoms with Crippen molar-refractivity contribution < 1.29 is 64.4 Å². The molecule has 0 aromatic rings. The summed E-state index contributed by atoms with van der Waals surface area (Å²) in [5, 5.41) is 0. The van der Waals surface area contributed by atoms with Gasteiger partial charge in [0.25, 0.3) is 0 Å². The van der Waals surface area contributed by atoms with Crippen molar-refractivity contribution in [1.82, 2.24) is 0 Å². The summed E-state index contributed by atoms with van der Waals surface area (Å²) in [6.07, 6.45) is 0. The van der Waals surface area contributed by atoms with E-state index in [-0.39, 0.29) is 64.4 Å². The van der Waals surface area contributed by atoms with Gasteiger partial charge in [-0.1, -0.05) is 0 Å². The summed E-state index contributed by atoms with van der Waals surface area (Å²) in [5.74, 6) is 0. The molecule has 0 heterocycles. The smallest absolute Gasteiger partial charge is 2.00 e. The van der Waals surface area contributed by atoms with E-state index in [0.717, 1.165) is 0 Å². The zero-order valence-electron chi connectivity index (χ0n) is 2.41. The minimum absolute atomic E-state index is 0. The van der Waals surface area contributed by atoms with Gasteiger partial charge in [-0.15, -0.1) is 0 Å². The Labute approximate surface area is 64.4 Å². The summed E-state index contributed by atoms with van der Waals surface area (Å²) >= 11 is 0. The van der Waals surface area contributed by atoms with Gasteiger partial charge in [0.05, 0.1) is 0 Å². The van der Waals surface area contributed by atoms with Gasteiger partial charge in [0, 0.05) is 0 Å². The standard InChI is InChI=1S/Ir.4O.Ta/q+3;4*-2;+5. The average molecular weight is 437 g/mol. The first-order valence-corrected chi connectivity index (χ1v) is 0. The zero-order valence-corrected chi connectivity index (χ0v) is 8.02. The monoisotopic (exact) mass is 438 g/mol. The van der Waals surface area contributed by atoms with Crippen LogP contribution in [0.5, 0.6) is 0 Å². The second-order valence-electron chi connectivity index (χ2n) is 0. The van der Waals surface area contributed by atoms with Crippen LogP contribution in [-0.4, -0.2) is 0 Å². The average Bonchev–Trinajstić information content (AvgIpc) is 0. The topological polar surface area (TPSA) is 114 Å². The molecular weight excluding hydrogens is 437 g/mol. The molecule has 0 saturated heterocycles. The van der Waals surface area contributed by atoms with Gasteiger partial charge < -0.3 is 21.9 Å². The Morgan fingerprint density at radius 1 is 0.500 bits per heavy atom. The Hall–Kier alpha value is 1.23. The summed E-state index contributed by atoms with van der Waals surface area (Å²) < 4.78 is 0. The summed E-state index contributed by atoms with van der Waals surface area (Å²) in [6.45, 7) is 0. The predicted octanol–water partition coefficient (Wildman–Crippen LogP) is -0.480. The van der Waals surface area contributed by atoms with Crippen molar-refractivity contribution >= 4 is 0 Å². The number of hydrogen-bond donors (Lipinski definition) is 0. The van der Waals surface area contributed by atoms with E-state index in [1.807, 2.05) is 0 Å². The van der Waals surface area contributed by atoms with Crippen LogP contribution < -0.4 is 0 Å². The maximum Gasteiger partial charge on any atom is 5.00 e. The first-order valence-electron chi connectivity index (χ1n) is 0. The first kappa shape index (κ1) is 186. The van der Waals surface area contributed by atoms with Gasteiger partial charge in [0.1, 0.15) is 0 Å². The third-order valence-electron chi connectivity index (χ3n) is 0. The van der Waals surface area contributed by atoms with Crippen molar-refractivity contribution in [3.05, 3.63) is 0 Å². The van der Waals surface area contributed by atoms with E-state index in [1.165, 1.54) is 0 Å². The van der Waals surface area contributed by atoms with Gasteiger partial charge in [0.15, 0.2) is 0 Å². The van der Waals surface area contributed by atoms with Crippen LogP contribution in [0.25, 0.3) is 0 Å². The summed E-state index contributed by atoms with van der Waals surface area (Å²) in [7, 11) is 0. The minimum atomic E-state index is 0. The second kappa shape index (κ2) is 113. The van der Waals surface area contributed by atoms with E-state index in [9.17, 15) is 0 Å². The van der Waals surface area contributed by atoms with Gasteiger partial charge in [-0.3, -0.25) is 0 Å². The molecule has 6 heavy (non-hydrogen) atoms. The zero-order chi connectivity index (χ0) is 0. The van der Waals surface area contributed by atoms with Crippen LogP contribution in [0, 0.1) is 0 Å². The van der Waals surface area contributed by atoms with Crippen molar-refractivity contribution in [2.24, 2.45) is 0 Å². The van der Waals surface area contributed by atoms with E-state index >= 15 is 0 Å². The first-order chi connectivity index (χ1) is 0. The molecule has 0 amide bonds. The molecule has 0 N–H and O–H groups in total. The Morgan fingerprint density at radius 2 is 0.500 bits per heavy atom. The predicted molar refractivity (Wildman–Crippen MR) is 2.75 cm³/mol. The Kier molecular flexibility index (Phi) is 3490. The molecule has 0 fully saturated rings. The normalized spacial score (nSPS) is 0. The molecule has 0 aromatic carbocycles. The minimum Gasteiger partial charge on any atom is -2.00 e. The van der Waals surface area contributed by atoms with Gasteiger partial charge in [-0.25, -0.2) is 0 Å². The van der Waals surface area contributed by atoms with E-state index in [2.05, 4.69) is 0 Å². The summed E-state index contributed by atoms with van der Waals surface area (Å²) in [4.78, 5) is 0. The molecule has 0 aliphatic heterocycles. The molecule has 0 spiro atoms. The summed E-state index contributed by atoms with van der Waals surface area (Å²) in [5.41, 5.74) is 0. The SMILES string of the molecule is [Ir+3].[O-2].[O-2].[O-2].[O-2].[Ta+5]. The van der Waals surface area contributed by atoms with Crippen LogP contribution in [-0.2, 0) is 64.4 Å². The molecule has 0 radical (unpaired) electrons. The van der Waals surface area contributed by atoms with Crippen LogP contribution in [0.1, 0.15) is 0 Å². The number of rotatable bonds is 0.